The van der Waals surface area contributed by atoms with Crippen molar-refractivity contribution in [3.05, 3.63) is 0 Å². The maximum absolute atomic E-state index is 13.2. The van der Waals surface area contributed by atoms with Crippen molar-refractivity contribution in [3.63, 3.8) is 0 Å². The SMILES string of the molecule is CC(C)CCC[C@@H](C)[C@@H]1CC[C@@H]2[C@H]3CC(=O)[C@H]4CC(=O)CC[C@]4(C)[C@@H]3CC[C@]21C. The van der Waals surface area contributed by atoms with E-state index in [-0.39, 0.29) is 11.3 Å². The number of carbonyl (C=O) groups is 2. The molecule has 4 aliphatic carbocycles. The molecule has 0 aromatic carbocycles. The number of ketones is 2. The van der Waals surface area contributed by atoms with Gasteiger partial charge in [0.1, 0.15) is 11.6 Å². The number of carbonyl (C=O) groups excluding carboxylic acids is 2. The van der Waals surface area contributed by atoms with Crippen molar-refractivity contribution in [3.8, 4) is 0 Å². The van der Waals surface area contributed by atoms with Gasteiger partial charge in [-0.3, -0.25) is 9.59 Å². The Bertz CT molecular complexity index is 651. The third-order valence-electron chi connectivity index (χ3n) is 10.5. The molecule has 0 amide bonds. The fraction of sp³-hybridized carbons (Fsp3) is 0.926. The topological polar surface area (TPSA) is 34.1 Å². The van der Waals surface area contributed by atoms with Gasteiger partial charge in [-0.15, -0.1) is 0 Å². The fourth-order valence-electron chi connectivity index (χ4n) is 8.86. The number of Topliss-reactive ketones (excluding diaryl/α,β-unsaturated/α-hetero) is 2. The molecule has 4 rings (SSSR count). The Morgan fingerprint density at radius 3 is 2.34 bits per heavy atom. The highest BCUT2D eigenvalue weighted by molar-refractivity contribution is 5.90. The molecule has 29 heavy (non-hydrogen) atoms. The molecule has 0 radical (unpaired) electrons. The van der Waals surface area contributed by atoms with Gasteiger partial charge in [0.25, 0.3) is 0 Å². The van der Waals surface area contributed by atoms with E-state index in [0.717, 1.165) is 36.5 Å². The third-order valence-corrected chi connectivity index (χ3v) is 10.5. The van der Waals surface area contributed by atoms with Crippen molar-refractivity contribution < 1.29 is 9.59 Å². The average Bonchev–Trinajstić information content (AvgIpc) is 3.00. The van der Waals surface area contributed by atoms with Gasteiger partial charge in [-0.2, -0.15) is 0 Å². The largest absolute Gasteiger partial charge is 0.300 e. The van der Waals surface area contributed by atoms with Crippen LogP contribution < -0.4 is 0 Å². The number of hydrogen-bond acceptors (Lipinski definition) is 2. The monoisotopic (exact) mass is 400 g/mol. The van der Waals surface area contributed by atoms with Crippen molar-refractivity contribution in [1.82, 2.24) is 0 Å². The van der Waals surface area contributed by atoms with Gasteiger partial charge in [-0.25, -0.2) is 0 Å². The van der Waals surface area contributed by atoms with Crippen LogP contribution in [0.1, 0.15) is 105 Å². The second-order valence-corrected chi connectivity index (χ2v) is 12.4. The van der Waals surface area contributed by atoms with Crippen LogP contribution in [0.4, 0.5) is 0 Å². The third kappa shape index (κ3) is 3.55. The first-order valence-electron chi connectivity index (χ1n) is 12.7. The van der Waals surface area contributed by atoms with Gasteiger partial charge in [-0.1, -0.05) is 53.9 Å². The van der Waals surface area contributed by atoms with Gasteiger partial charge in [0, 0.05) is 25.2 Å². The van der Waals surface area contributed by atoms with E-state index in [1.165, 1.54) is 44.9 Å². The standard InChI is InChI=1S/C27H44O2/c1-17(2)7-6-8-18(3)21-9-10-22-20-16-25(29)24-15-19(28)11-13-27(24,5)23(20)12-14-26(21,22)4/h17-18,20-24H,6-16H2,1-5H3/t18-,20-,21+,22-,23-,24-,26+,27-/m1/s1. The summed E-state index contributed by atoms with van der Waals surface area (Å²) in [6, 6.07) is 0. The van der Waals surface area contributed by atoms with Crippen LogP contribution in [0.3, 0.4) is 0 Å². The van der Waals surface area contributed by atoms with Crippen LogP contribution in [0.15, 0.2) is 0 Å². The molecule has 0 spiro atoms. The molecule has 0 unspecified atom stereocenters. The number of fused-ring (bicyclic) bond motifs is 5. The molecule has 0 bridgehead atoms. The second-order valence-electron chi connectivity index (χ2n) is 12.4. The molecular formula is C27H44O2. The van der Waals surface area contributed by atoms with E-state index in [2.05, 4.69) is 34.6 Å². The van der Waals surface area contributed by atoms with Crippen LogP contribution in [0, 0.1) is 52.3 Å². The van der Waals surface area contributed by atoms with E-state index in [0.29, 0.717) is 41.7 Å². The van der Waals surface area contributed by atoms with Crippen molar-refractivity contribution in [1.29, 1.82) is 0 Å². The zero-order valence-electron chi connectivity index (χ0n) is 19.6. The summed E-state index contributed by atoms with van der Waals surface area (Å²) in [7, 11) is 0. The highest BCUT2D eigenvalue weighted by atomic mass is 16.1. The molecule has 2 nitrogen and oxygen atoms in total. The molecule has 4 fully saturated rings. The Hall–Kier alpha value is -0.660. The normalized spacial score (nSPS) is 45.7. The van der Waals surface area contributed by atoms with E-state index in [4.69, 9.17) is 0 Å². The molecule has 0 heterocycles. The summed E-state index contributed by atoms with van der Waals surface area (Å²) < 4.78 is 0. The predicted octanol–water partition coefficient (Wildman–Crippen LogP) is 6.86. The lowest BCUT2D eigenvalue weighted by Crippen LogP contribution is -2.56. The first-order chi connectivity index (χ1) is 13.7. The van der Waals surface area contributed by atoms with Crippen LogP contribution in [0.5, 0.6) is 0 Å². The van der Waals surface area contributed by atoms with E-state index < -0.39 is 0 Å². The summed E-state index contributed by atoms with van der Waals surface area (Å²) in [5.74, 6) is 5.25. The Morgan fingerprint density at radius 1 is 0.897 bits per heavy atom. The summed E-state index contributed by atoms with van der Waals surface area (Å²) in [5.41, 5.74) is 0.530. The van der Waals surface area contributed by atoms with Crippen LogP contribution in [-0.2, 0) is 9.59 Å². The first-order valence-corrected chi connectivity index (χ1v) is 12.7. The van der Waals surface area contributed by atoms with Crippen LogP contribution >= 0.6 is 0 Å². The Morgan fingerprint density at radius 2 is 1.62 bits per heavy atom. The fourth-order valence-corrected chi connectivity index (χ4v) is 8.86. The maximum Gasteiger partial charge on any atom is 0.137 e. The van der Waals surface area contributed by atoms with Crippen LogP contribution in [0.25, 0.3) is 0 Å². The summed E-state index contributed by atoms with van der Waals surface area (Å²) in [6.45, 7) is 12.2. The van der Waals surface area contributed by atoms with Gasteiger partial charge >= 0.3 is 0 Å². The molecule has 4 aliphatic rings. The highest BCUT2D eigenvalue weighted by Crippen LogP contribution is 2.67. The molecule has 2 heteroatoms. The average molecular weight is 401 g/mol. The Kier molecular flexibility index (Phi) is 5.79. The van der Waals surface area contributed by atoms with Gasteiger partial charge in [0.05, 0.1) is 0 Å². The van der Waals surface area contributed by atoms with Crippen molar-refractivity contribution in [2.75, 3.05) is 0 Å². The minimum absolute atomic E-state index is 0.0292. The molecule has 8 atom stereocenters. The molecule has 0 aromatic heterocycles. The molecule has 4 saturated carbocycles. The molecule has 0 N–H and O–H groups in total. The number of hydrogen-bond donors (Lipinski definition) is 0. The Balaban J connectivity index is 1.51. The lowest BCUT2D eigenvalue weighted by atomic mass is 9.44. The minimum atomic E-state index is 0.0292. The summed E-state index contributed by atoms with van der Waals surface area (Å²) in [6.07, 6.45) is 12.4. The quantitative estimate of drug-likeness (QED) is 0.505. The molecular weight excluding hydrogens is 356 g/mol. The smallest absolute Gasteiger partial charge is 0.137 e. The minimum Gasteiger partial charge on any atom is -0.300 e. The van der Waals surface area contributed by atoms with Gasteiger partial charge in [0.15, 0.2) is 0 Å². The van der Waals surface area contributed by atoms with Crippen LogP contribution in [-0.4, -0.2) is 11.6 Å². The highest BCUT2D eigenvalue weighted by Gasteiger charge is 2.62. The van der Waals surface area contributed by atoms with E-state index in [1.54, 1.807) is 0 Å². The van der Waals surface area contributed by atoms with Gasteiger partial charge in [0.2, 0.25) is 0 Å². The maximum atomic E-state index is 13.2. The van der Waals surface area contributed by atoms with Gasteiger partial charge < -0.3 is 0 Å². The lowest BCUT2D eigenvalue weighted by molar-refractivity contribution is -0.159. The second kappa shape index (κ2) is 7.79. The van der Waals surface area contributed by atoms with Gasteiger partial charge in [-0.05, 0) is 78.4 Å². The van der Waals surface area contributed by atoms with E-state index >= 15 is 0 Å². The Labute approximate surface area is 179 Å². The first kappa shape index (κ1) is 21.6. The summed E-state index contributed by atoms with van der Waals surface area (Å²) >= 11 is 0. The zero-order chi connectivity index (χ0) is 21.0. The molecule has 164 valence electrons. The van der Waals surface area contributed by atoms with Crippen molar-refractivity contribution in [2.24, 2.45) is 52.3 Å². The molecule has 0 saturated heterocycles. The van der Waals surface area contributed by atoms with Crippen LogP contribution in [0.2, 0.25) is 0 Å². The lowest BCUT2D eigenvalue weighted by Gasteiger charge is -2.59. The summed E-state index contributed by atoms with van der Waals surface area (Å²) in [4.78, 5) is 25.3. The molecule has 0 aliphatic heterocycles. The zero-order valence-corrected chi connectivity index (χ0v) is 19.6. The van der Waals surface area contributed by atoms with Crippen molar-refractivity contribution in [2.45, 2.75) is 105 Å². The summed E-state index contributed by atoms with van der Waals surface area (Å²) in [5, 5.41) is 0. The number of rotatable bonds is 5. The van der Waals surface area contributed by atoms with Crippen molar-refractivity contribution >= 4 is 11.6 Å². The van der Waals surface area contributed by atoms with E-state index in [1.807, 2.05) is 0 Å². The molecule has 0 aromatic rings. The predicted molar refractivity (Wildman–Crippen MR) is 118 cm³/mol. The van der Waals surface area contributed by atoms with E-state index in [9.17, 15) is 9.59 Å².